The molecule has 0 aromatic carbocycles. The number of hydrogen-bond donors (Lipinski definition) is 0. The first-order valence-electron chi connectivity index (χ1n) is 1.94. The SMILES string of the molecule is CC[PH](C)(F)F. The fourth-order valence-electron chi connectivity index (χ4n) is 0. The second-order valence-corrected chi connectivity index (χ2v) is 4.27. The normalized spacial score (nSPS) is 14.7. The van der Waals surface area contributed by atoms with Crippen LogP contribution in [-0.2, 0) is 0 Å². The zero-order chi connectivity index (χ0) is 5.21. The van der Waals surface area contributed by atoms with Crippen LogP contribution in [0.5, 0.6) is 0 Å². The van der Waals surface area contributed by atoms with Gasteiger partial charge in [-0.15, -0.1) is 0 Å². The summed E-state index contributed by atoms with van der Waals surface area (Å²) in [6, 6.07) is 0. The quantitative estimate of drug-likeness (QED) is 0.458. The van der Waals surface area contributed by atoms with E-state index < -0.39 is 7.88 Å². The molecule has 0 rings (SSSR count). The molecule has 0 atom stereocenters. The average Bonchev–Trinajstić information content (AvgIpc) is 1.35. The zero-order valence-corrected chi connectivity index (χ0v) is 4.96. The summed E-state index contributed by atoms with van der Waals surface area (Å²) in [5.74, 6) is 0. The molecule has 3 heteroatoms. The second kappa shape index (κ2) is 1.83. The Morgan fingerprint density at radius 2 is 1.67 bits per heavy atom. The first kappa shape index (κ1) is 6.29. The van der Waals surface area contributed by atoms with Crippen molar-refractivity contribution in [2.45, 2.75) is 6.92 Å². The van der Waals surface area contributed by atoms with E-state index in [-0.39, 0.29) is 6.16 Å². The first-order valence-corrected chi connectivity index (χ1v) is 4.40. The third-order valence-corrected chi connectivity index (χ3v) is 1.86. The van der Waals surface area contributed by atoms with Gasteiger partial charge in [-0.2, -0.15) is 0 Å². The van der Waals surface area contributed by atoms with Crippen molar-refractivity contribution >= 4 is 7.88 Å². The standard InChI is InChI=1S/C3H9F2P/c1-3-6(2,4)5/h6H,3H2,1-2H3. The Labute approximate surface area is 37.1 Å². The number of hydrogen-bond acceptors (Lipinski definition) is 0. The van der Waals surface area contributed by atoms with E-state index in [1.165, 1.54) is 6.92 Å². The van der Waals surface area contributed by atoms with Crippen molar-refractivity contribution in [2.75, 3.05) is 12.8 Å². The molecule has 0 amide bonds. The van der Waals surface area contributed by atoms with Crippen LogP contribution < -0.4 is 0 Å². The van der Waals surface area contributed by atoms with Gasteiger partial charge in [0.1, 0.15) is 0 Å². The summed E-state index contributed by atoms with van der Waals surface area (Å²) in [6.07, 6.45) is 0.0764. The van der Waals surface area contributed by atoms with Crippen LogP contribution in [0.3, 0.4) is 0 Å². The van der Waals surface area contributed by atoms with Crippen molar-refractivity contribution in [3.8, 4) is 0 Å². The molecule has 0 aliphatic carbocycles. The van der Waals surface area contributed by atoms with Gasteiger partial charge in [-0.1, -0.05) is 0 Å². The third-order valence-electron chi connectivity index (χ3n) is 0.621. The van der Waals surface area contributed by atoms with Crippen molar-refractivity contribution in [3.63, 3.8) is 0 Å². The molecule has 0 saturated carbocycles. The molecule has 0 spiro atoms. The van der Waals surface area contributed by atoms with Gasteiger partial charge in [-0.3, -0.25) is 0 Å². The van der Waals surface area contributed by atoms with Crippen molar-refractivity contribution in [3.05, 3.63) is 0 Å². The van der Waals surface area contributed by atoms with E-state index in [4.69, 9.17) is 0 Å². The van der Waals surface area contributed by atoms with Gasteiger partial charge in [0.05, 0.1) is 0 Å². The van der Waals surface area contributed by atoms with E-state index in [1.807, 2.05) is 0 Å². The molecular weight excluding hydrogens is 105 g/mol. The second-order valence-electron chi connectivity index (χ2n) is 1.42. The molecule has 40 valence electrons. The third kappa shape index (κ3) is 4.29. The molecule has 0 aromatic rings. The van der Waals surface area contributed by atoms with Crippen LogP contribution in [0.1, 0.15) is 6.92 Å². The average molecular weight is 114 g/mol. The van der Waals surface area contributed by atoms with E-state index in [9.17, 15) is 8.39 Å². The fourth-order valence-corrected chi connectivity index (χ4v) is 0. The van der Waals surface area contributed by atoms with Crippen LogP contribution in [0.4, 0.5) is 8.39 Å². The van der Waals surface area contributed by atoms with Crippen LogP contribution in [0.2, 0.25) is 0 Å². The molecule has 0 nitrogen and oxygen atoms in total. The van der Waals surface area contributed by atoms with Gasteiger partial charge in [0, 0.05) is 0 Å². The van der Waals surface area contributed by atoms with Crippen LogP contribution in [0.25, 0.3) is 0 Å². The first-order chi connectivity index (χ1) is 2.56. The van der Waals surface area contributed by atoms with Crippen molar-refractivity contribution < 1.29 is 8.39 Å². The predicted octanol–water partition coefficient (Wildman–Crippen LogP) is 2.16. The Morgan fingerprint density at radius 1 is 1.50 bits per heavy atom. The molecular formula is C3H9F2P. The molecule has 0 radical (unpaired) electrons. The van der Waals surface area contributed by atoms with Gasteiger partial charge in [-0.05, 0) is 0 Å². The molecule has 0 aliphatic rings. The Hall–Kier alpha value is 0.290. The minimum atomic E-state index is -3.63. The van der Waals surface area contributed by atoms with Gasteiger partial charge >= 0.3 is 36.0 Å². The molecule has 0 saturated heterocycles. The van der Waals surface area contributed by atoms with E-state index in [0.29, 0.717) is 0 Å². The molecule has 0 fully saturated rings. The van der Waals surface area contributed by atoms with Gasteiger partial charge in [0.15, 0.2) is 0 Å². The molecule has 0 heterocycles. The molecule has 0 unspecified atom stereocenters. The Morgan fingerprint density at radius 3 is 1.67 bits per heavy atom. The summed E-state index contributed by atoms with van der Waals surface area (Å²) in [6.45, 7) is 2.57. The van der Waals surface area contributed by atoms with Crippen LogP contribution in [0.15, 0.2) is 0 Å². The minimum absolute atomic E-state index is 0.0764. The summed E-state index contributed by atoms with van der Waals surface area (Å²) in [7, 11) is -3.63. The van der Waals surface area contributed by atoms with Crippen molar-refractivity contribution in [1.29, 1.82) is 0 Å². The van der Waals surface area contributed by atoms with Gasteiger partial charge in [0.25, 0.3) is 0 Å². The summed E-state index contributed by atoms with van der Waals surface area (Å²) >= 11 is 0. The summed E-state index contributed by atoms with van der Waals surface area (Å²) in [4.78, 5) is 0. The monoisotopic (exact) mass is 114 g/mol. The van der Waals surface area contributed by atoms with Gasteiger partial charge in [-0.25, -0.2) is 0 Å². The fraction of sp³-hybridized carbons (Fsp3) is 1.00. The maximum atomic E-state index is 11.6. The van der Waals surface area contributed by atoms with Crippen LogP contribution >= 0.6 is 7.88 Å². The summed E-state index contributed by atoms with van der Waals surface area (Å²) in [5, 5.41) is 0. The maximum absolute atomic E-state index is 11.6. The Balaban J connectivity index is 3.17. The zero-order valence-electron chi connectivity index (χ0n) is 3.96. The topological polar surface area (TPSA) is 0 Å². The predicted molar refractivity (Wildman–Crippen MR) is 27.0 cm³/mol. The van der Waals surface area contributed by atoms with Gasteiger partial charge < -0.3 is 0 Å². The van der Waals surface area contributed by atoms with Crippen LogP contribution in [-0.4, -0.2) is 12.8 Å². The van der Waals surface area contributed by atoms with E-state index in [1.54, 1.807) is 0 Å². The van der Waals surface area contributed by atoms with Gasteiger partial charge in [0.2, 0.25) is 0 Å². The summed E-state index contributed by atoms with van der Waals surface area (Å²) < 4.78 is 23.2. The molecule has 0 aliphatic heterocycles. The molecule has 6 heavy (non-hydrogen) atoms. The van der Waals surface area contributed by atoms with Crippen LogP contribution in [0, 0.1) is 0 Å². The molecule has 0 N–H and O–H groups in total. The molecule has 0 bridgehead atoms. The Kier molecular flexibility index (Phi) is 1.92. The van der Waals surface area contributed by atoms with E-state index in [2.05, 4.69) is 0 Å². The number of rotatable bonds is 1. The summed E-state index contributed by atoms with van der Waals surface area (Å²) in [5.41, 5.74) is 0. The molecule has 0 aromatic heterocycles. The number of halogens is 2. The van der Waals surface area contributed by atoms with Crippen molar-refractivity contribution in [1.82, 2.24) is 0 Å². The Bertz CT molecular complexity index is 38.5. The van der Waals surface area contributed by atoms with E-state index >= 15 is 0 Å². The van der Waals surface area contributed by atoms with Crippen molar-refractivity contribution in [2.24, 2.45) is 0 Å². The van der Waals surface area contributed by atoms with E-state index in [0.717, 1.165) is 6.66 Å².